The predicted molar refractivity (Wildman–Crippen MR) is 31.7 cm³/mol. The van der Waals surface area contributed by atoms with Crippen molar-refractivity contribution in [3.63, 3.8) is 0 Å². The largest absolute Gasteiger partial charge is 0.481 e. The number of rotatable bonds is 3. The number of carboxylic acid groups (broad SMARTS) is 1. The van der Waals surface area contributed by atoms with E-state index in [0.29, 0.717) is 6.42 Å². The van der Waals surface area contributed by atoms with Gasteiger partial charge in [0.2, 0.25) is 0 Å². The van der Waals surface area contributed by atoms with Gasteiger partial charge < -0.3 is 5.11 Å². The average molecular weight is 203 g/mol. The van der Waals surface area contributed by atoms with Crippen LogP contribution in [0.4, 0.5) is 0 Å². The summed E-state index contributed by atoms with van der Waals surface area (Å²) in [5, 5.41) is 8.12. The summed E-state index contributed by atoms with van der Waals surface area (Å²) in [5.74, 6) is -0.756. The first-order chi connectivity index (χ1) is 3.63. The SMILES string of the molecule is C=C(C)CCC(=O)O.[Y]. The van der Waals surface area contributed by atoms with E-state index in [1.807, 2.05) is 6.92 Å². The van der Waals surface area contributed by atoms with Crippen molar-refractivity contribution in [2.75, 3.05) is 0 Å². The fourth-order valence-electron chi connectivity index (χ4n) is 0.320. The molecule has 0 saturated heterocycles. The fraction of sp³-hybridized carbons (Fsp3) is 0.500. The summed E-state index contributed by atoms with van der Waals surface area (Å²) >= 11 is 0. The molecule has 0 aliphatic carbocycles. The number of carboxylic acids is 1. The van der Waals surface area contributed by atoms with E-state index >= 15 is 0 Å². The van der Waals surface area contributed by atoms with Gasteiger partial charge in [0.25, 0.3) is 0 Å². The fourth-order valence-corrected chi connectivity index (χ4v) is 0.320. The van der Waals surface area contributed by atoms with Crippen LogP contribution in [0.25, 0.3) is 0 Å². The molecule has 3 heteroatoms. The van der Waals surface area contributed by atoms with Gasteiger partial charge in [-0.25, -0.2) is 0 Å². The standard InChI is InChI=1S/C6H10O2.Y/c1-5(2)3-4-6(7)8;/h1,3-4H2,2H3,(H,7,8);. The number of carbonyl (C=O) groups is 1. The maximum Gasteiger partial charge on any atom is 0.303 e. The van der Waals surface area contributed by atoms with E-state index in [9.17, 15) is 4.79 Å². The molecule has 0 heterocycles. The van der Waals surface area contributed by atoms with Gasteiger partial charge in [-0.05, 0) is 13.3 Å². The van der Waals surface area contributed by atoms with Crippen LogP contribution in [0.1, 0.15) is 19.8 Å². The second-order valence-electron chi connectivity index (χ2n) is 1.85. The maximum atomic E-state index is 9.86. The molecule has 0 fully saturated rings. The Kier molecular flexibility index (Phi) is 8.60. The zero-order valence-electron chi connectivity index (χ0n) is 5.55. The third-order valence-corrected chi connectivity index (χ3v) is 0.766. The molecule has 1 radical (unpaired) electrons. The Morgan fingerprint density at radius 2 is 2.00 bits per heavy atom. The number of aliphatic carboxylic acids is 1. The third kappa shape index (κ3) is 11.7. The zero-order chi connectivity index (χ0) is 6.57. The molecule has 0 aliphatic rings. The molecule has 0 unspecified atom stereocenters. The van der Waals surface area contributed by atoms with Crippen molar-refractivity contribution in [2.24, 2.45) is 0 Å². The van der Waals surface area contributed by atoms with Gasteiger partial charge in [-0.3, -0.25) is 4.79 Å². The van der Waals surface area contributed by atoms with Gasteiger partial charge in [0.1, 0.15) is 0 Å². The molecule has 0 bridgehead atoms. The second-order valence-corrected chi connectivity index (χ2v) is 1.85. The minimum absolute atomic E-state index is 0. The molecule has 0 saturated carbocycles. The van der Waals surface area contributed by atoms with Gasteiger partial charge in [0, 0.05) is 39.1 Å². The van der Waals surface area contributed by atoms with E-state index in [1.165, 1.54) is 0 Å². The van der Waals surface area contributed by atoms with Crippen LogP contribution in [0, 0.1) is 0 Å². The van der Waals surface area contributed by atoms with Crippen molar-refractivity contribution in [3.05, 3.63) is 12.2 Å². The molecular formula is C6H10O2Y. The summed E-state index contributed by atoms with van der Waals surface area (Å²) in [6.45, 7) is 5.39. The maximum absolute atomic E-state index is 9.86. The number of allylic oxidation sites excluding steroid dienone is 1. The van der Waals surface area contributed by atoms with Crippen molar-refractivity contribution in [1.82, 2.24) is 0 Å². The van der Waals surface area contributed by atoms with Crippen LogP contribution in [-0.4, -0.2) is 11.1 Å². The first kappa shape index (κ1) is 12.0. The van der Waals surface area contributed by atoms with Gasteiger partial charge in [-0.2, -0.15) is 0 Å². The van der Waals surface area contributed by atoms with Crippen LogP contribution in [0.5, 0.6) is 0 Å². The smallest absolute Gasteiger partial charge is 0.303 e. The van der Waals surface area contributed by atoms with Crippen LogP contribution in [0.2, 0.25) is 0 Å². The Hall–Kier alpha value is 0.314. The normalized spacial score (nSPS) is 7.67. The summed E-state index contributed by atoms with van der Waals surface area (Å²) in [5.41, 5.74) is 0.924. The molecule has 9 heavy (non-hydrogen) atoms. The van der Waals surface area contributed by atoms with Gasteiger partial charge >= 0.3 is 5.97 Å². The second kappa shape index (κ2) is 6.43. The topological polar surface area (TPSA) is 37.3 Å². The number of hydrogen-bond acceptors (Lipinski definition) is 1. The molecule has 2 nitrogen and oxygen atoms in total. The van der Waals surface area contributed by atoms with E-state index in [4.69, 9.17) is 5.11 Å². The van der Waals surface area contributed by atoms with E-state index in [1.54, 1.807) is 0 Å². The molecule has 0 amide bonds. The summed E-state index contributed by atoms with van der Waals surface area (Å²) in [6.07, 6.45) is 0.796. The predicted octanol–water partition coefficient (Wildman–Crippen LogP) is 1.42. The molecule has 1 N–H and O–H groups in total. The first-order valence-electron chi connectivity index (χ1n) is 2.49. The Bertz CT molecular complexity index is 95.6. The first-order valence-corrected chi connectivity index (χ1v) is 2.49. The summed E-state index contributed by atoms with van der Waals surface area (Å²) in [6, 6.07) is 0. The molecule has 0 atom stereocenters. The van der Waals surface area contributed by atoms with E-state index in [2.05, 4.69) is 6.58 Å². The minimum atomic E-state index is -0.756. The summed E-state index contributed by atoms with van der Waals surface area (Å²) < 4.78 is 0. The summed E-state index contributed by atoms with van der Waals surface area (Å²) in [7, 11) is 0. The van der Waals surface area contributed by atoms with E-state index in [0.717, 1.165) is 5.57 Å². The molecule has 0 aliphatic heterocycles. The quantitative estimate of drug-likeness (QED) is 0.704. The van der Waals surface area contributed by atoms with Crippen molar-refractivity contribution in [3.8, 4) is 0 Å². The molecule has 0 aromatic carbocycles. The number of hydrogen-bond donors (Lipinski definition) is 1. The molecule has 0 aromatic heterocycles. The molecular weight excluding hydrogens is 193 g/mol. The monoisotopic (exact) mass is 203 g/mol. The van der Waals surface area contributed by atoms with Crippen molar-refractivity contribution in [2.45, 2.75) is 19.8 Å². The molecule has 49 valence electrons. The van der Waals surface area contributed by atoms with Gasteiger partial charge in [-0.15, -0.1) is 6.58 Å². The molecule has 0 aromatic rings. The van der Waals surface area contributed by atoms with Crippen LogP contribution >= 0.6 is 0 Å². The van der Waals surface area contributed by atoms with Crippen LogP contribution in [0.15, 0.2) is 12.2 Å². The Morgan fingerprint density at radius 1 is 1.56 bits per heavy atom. The third-order valence-electron chi connectivity index (χ3n) is 0.766. The molecule has 0 rings (SSSR count). The van der Waals surface area contributed by atoms with Crippen molar-refractivity contribution < 1.29 is 42.6 Å². The van der Waals surface area contributed by atoms with E-state index in [-0.39, 0.29) is 39.1 Å². The van der Waals surface area contributed by atoms with Gasteiger partial charge in [-0.1, -0.05) is 5.57 Å². The van der Waals surface area contributed by atoms with Crippen LogP contribution in [-0.2, 0) is 37.5 Å². The summed E-state index contributed by atoms with van der Waals surface area (Å²) in [4.78, 5) is 9.86. The Morgan fingerprint density at radius 3 is 2.11 bits per heavy atom. The minimum Gasteiger partial charge on any atom is -0.481 e. The van der Waals surface area contributed by atoms with Gasteiger partial charge in [0.05, 0.1) is 0 Å². The molecule has 0 spiro atoms. The zero-order valence-corrected chi connectivity index (χ0v) is 8.39. The Labute approximate surface area is 80.2 Å². The van der Waals surface area contributed by atoms with E-state index < -0.39 is 5.97 Å². The van der Waals surface area contributed by atoms with Crippen LogP contribution < -0.4 is 0 Å². The van der Waals surface area contributed by atoms with Crippen LogP contribution in [0.3, 0.4) is 0 Å². The average Bonchev–Trinajstić information content (AvgIpc) is 1.61. The van der Waals surface area contributed by atoms with Crippen molar-refractivity contribution >= 4 is 5.97 Å². The van der Waals surface area contributed by atoms with Crippen molar-refractivity contribution in [1.29, 1.82) is 0 Å². The Balaban J connectivity index is 0. The van der Waals surface area contributed by atoms with Gasteiger partial charge in [0.15, 0.2) is 0 Å².